The van der Waals surface area contributed by atoms with Crippen molar-refractivity contribution in [2.24, 2.45) is 0 Å². The SMILES string of the molecule is CCC(C)(CCO)NS(=O)(=O)CCCOC. The van der Waals surface area contributed by atoms with Crippen LogP contribution in [0.25, 0.3) is 0 Å². The summed E-state index contributed by atoms with van der Waals surface area (Å²) in [4.78, 5) is 0. The number of aliphatic hydroxyl groups excluding tert-OH is 1. The third-order valence-electron chi connectivity index (χ3n) is 2.61. The number of aliphatic hydroxyl groups is 1. The van der Waals surface area contributed by atoms with E-state index >= 15 is 0 Å². The highest BCUT2D eigenvalue weighted by Gasteiger charge is 2.26. The Kier molecular flexibility index (Phi) is 7.14. The highest BCUT2D eigenvalue weighted by molar-refractivity contribution is 7.89. The summed E-state index contributed by atoms with van der Waals surface area (Å²) in [6, 6.07) is 0. The second kappa shape index (κ2) is 7.21. The fraction of sp³-hybridized carbons (Fsp3) is 1.00. The van der Waals surface area contributed by atoms with Crippen molar-refractivity contribution in [3.05, 3.63) is 0 Å². The number of sulfonamides is 1. The number of hydrogen-bond acceptors (Lipinski definition) is 4. The number of rotatable bonds is 9. The first kappa shape index (κ1) is 15.8. The topological polar surface area (TPSA) is 75.6 Å². The fourth-order valence-electron chi connectivity index (χ4n) is 1.37. The quantitative estimate of drug-likeness (QED) is 0.587. The van der Waals surface area contributed by atoms with Gasteiger partial charge in [-0.2, -0.15) is 0 Å². The molecule has 6 heteroatoms. The van der Waals surface area contributed by atoms with Crippen LogP contribution in [0.2, 0.25) is 0 Å². The Bertz CT molecular complexity index is 279. The predicted octanol–water partition coefficient (Wildman–Crippen LogP) is 0.493. The van der Waals surface area contributed by atoms with Gasteiger partial charge in [0.15, 0.2) is 0 Å². The van der Waals surface area contributed by atoms with Crippen LogP contribution in [-0.2, 0) is 14.8 Å². The molecule has 98 valence electrons. The normalized spacial score (nSPS) is 16.0. The predicted molar refractivity (Wildman–Crippen MR) is 63.8 cm³/mol. The van der Waals surface area contributed by atoms with Crippen molar-refractivity contribution < 1.29 is 18.3 Å². The van der Waals surface area contributed by atoms with E-state index in [0.29, 0.717) is 25.9 Å². The zero-order valence-electron chi connectivity index (χ0n) is 10.3. The Morgan fingerprint density at radius 3 is 2.50 bits per heavy atom. The molecule has 2 N–H and O–H groups in total. The third-order valence-corrected chi connectivity index (χ3v) is 4.24. The van der Waals surface area contributed by atoms with Gasteiger partial charge in [-0.3, -0.25) is 0 Å². The molecule has 0 radical (unpaired) electrons. The van der Waals surface area contributed by atoms with Gasteiger partial charge in [0.25, 0.3) is 0 Å². The summed E-state index contributed by atoms with van der Waals surface area (Å²) in [7, 11) is -1.74. The van der Waals surface area contributed by atoms with E-state index in [-0.39, 0.29) is 12.4 Å². The van der Waals surface area contributed by atoms with Gasteiger partial charge in [0.1, 0.15) is 0 Å². The van der Waals surface area contributed by atoms with E-state index in [0.717, 1.165) is 0 Å². The molecule has 0 heterocycles. The lowest BCUT2D eigenvalue weighted by Crippen LogP contribution is -2.47. The Labute approximate surface area is 98.2 Å². The van der Waals surface area contributed by atoms with Crippen LogP contribution in [0.5, 0.6) is 0 Å². The molecule has 0 aromatic rings. The Hall–Kier alpha value is -0.170. The smallest absolute Gasteiger partial charge is 0.212 e. The maximum Gasteiger partial charge on any atom is 0.212 e. The summed E-state index contributed by atoms with van der Waals surface area (Å²) < 4.78 is 30.9. The summed E-state index contributed by atoms with van der Waals surface area (Å²) in [5, 5.41) is 8.89. The summed E-state index contributed by atoms with van der Waals surface area (Å²) in [6.45, 7) is 4.11. The van der Waals surface area contributed by atoms with Gasteiger partial charge < -0.3 is 9.84 Å². The monoisotopic (exact) mass is 253 g/mol. The van der Waals surface area contributed by atoms with Crippen LogP contribution in [0, 0.1) is 0 Å². The van der Waals surface area contributed by atoms with Crippen molar-refractivity contribution in [2.45, 2.75) is 38.6 Å². The molecule has 0 saturated carbocycles. The molecule has 0 aliphatic carbocycles. The van der Waals surface area contributed by atoms with Gasteiger partial charge in [0.2, 0.25) is 10.0 Å². The van der Waals surface area contributed by atoms with Gasteiger partial charge >= 0.3 is 0 Å². The molecule has 5 nitrogen and oxygen atoms in total. The van der Waals surface area contributed by atoms with E-state index < -0.39 is 15.6 Å². The standard InChI is InChI=1S/C10H23NO4S/c1-4-10(2,6-7-12)11-16(13,14)9-5-8-15-3/h11-12H,4-9H2,1-3H3. The highest BCUT2D eigenvalue weighted by atomic mass is 32.2. The van der Waals surface area contributed by atoms with Crippen LogP contribution in [0.4, 0.5) is 0 Å². The van der Waals surface area contributed by atoms with Crippen molar-refractivity contribution >= 4 is 10.0 Å². The lowest BCUT2D eigenvalue weighted by molar-refractivity contribution is 0.199. The molecule has 0 spiro atoms. The van der Waals surface area contributed by atoms with E-state index in [9.17, 15) is 8.42 Å². The van der Waals surface area contributed by atoms with E-state index in [2.05, 4.69) is 4.72 Å². The van der Waals surface area contributed by atoms with Gasteiger partial charge in [0, 0.05) is 25.9 Å². The molecule has 1 atom stereocenters. The lowest BCUT2D eigenvalue weighted by atomic mass is 9.97. The Morgan fingerprint density at radius 2 is 2.06 bits per heavy atom. The molecule has 1 unspecified atom stereocenters. The van der Waals surface area contributed by atoms with Crippen LogP contribution >= 0.6 is 0 Å². The summed E-state index contributed by atoms with van der Waals surface area (Å²) in [6.07, 6.45) is 1.55. The van der Waals surface area contributed by atoms with Gasteiger partial charge in [0.05, 0.1) is 5.75 Å². The summed E-state index contributed by atoms with van der Waals surface area (Å²) in [5.41, 5.74) is -0.555. The first-order valence-electron chi connectivity index (χ1n) is 5.50. The van der Waals surface area contributed by atoms with Crippen LogP contribution in [0.1, 0.15) is 33.1 Å². The lowest BCUT2D eigenvalue weighted by Gasteiger charge is -2.28. The average Bonchev–Trinajstić information content (AvgIpc) is 2.17. The van der Waals surface area contributed by atoms with E-state index in [1.165, 1.54) is 0 Å². The maximum atomic E-state index is 11.7. The molecule has 0 aliphatic heterocycles. The zero-order chi connectivity index (χ0) is 12.7. The van der Waals surface area contributed by atoms with E-state index in [1.807, 2.05) is 6.92 Å². The van der Waals surface area contributed by atoms with Gasteiger partial charge in [-0.25, -0.2) is 13.1 Å². The van der Waals surface area contributed by atoms with Crippen LogP contribution < -0.4 is 4.72 Å². The average molecular weight is 253 g/mol. The van der Waals surface area contributed by atoms with E-state index in [4.69, 9.17) is 9.84 Å². The fourth-order valence-corrected chi connectivity index (χ4v) is 2.96. The summed E-state index contributed by atoms with van der Waals surface area (Å²) >= 11 is 0. The van der Waals surface area contributed by atoms with Crippen molar-refractivity contribution in [3.63, 3.8) is 0 Å². The largest absolute Gasteiger partial charge is 0.396 e. The third kappa shape index (κ3) is 6.42. The van der Waals surface area contributed by atoms with Crippen molar-refractivity contribution in [1.29, 1.82) is 0 Å². The van der Waals surface area contributed by atoms with Crippen LogP contribution in [0.3, 0.4) is 0 Å². The van der Waals surface area contributed by atoms with Gasteiger partial charge in [-0.1, -0.05) is 6.92 Å². The van der Waals surface area contributed by atoms with Crippen LogP contribution in [0.15, 0.2) is 0 Å². The highest BCUT2D eigenvalue weighted by Crippen LogP contribution is 2.15. The van der Waals surface area contributed by atoms with Crippen molar-refractivity contribution in [3.8, 4) is 0 Å². The van der Waals surface area contributed by atoms with Crippen molar-refractivity contribution in [1.82, 2.24) is 4.72 Å². The van der Waals surface area contributed by atoms with Crippen molar-refractivity contribution in [2.75, 3.05) is 26.1 Å². The second-order valence-corrected chi connectivity index (χ2v) is 6.00. The molecular formula is C10H23NO4S. The number of nitrogens with one attached hydrogen (secondary N) is 1. The minimum Gasteiger partial charge on any atom is -0.396 e. The van der Waals surface area contributed by atoms with Gasteiger partial charge in [-0.05, 0) is 26.2 Å². The zero-order valence-corrected chi connectivity index (χ0v) is 11.1. The van der Waals surface area contributed by atoms with Gasteiger partial charge in [-0.15, -0.1) is 0 Å². The number of methoxy groups -OCH3 is 1. The molecule has 0 aromatic heterocycles. The minimum atomic E-state index is -3.29. The summed E-state index contributed by atoms with van der Waals surface area (Å²) in [5.74, 6) is 0.0574. The molecule has 0 aromatic carbocycles. The number of ether oxygens (including phenoxy) is 1. The molecule has 16 heavy (non-hydrogen) atoms. The molecule has 0 aliphatic rings. The molecule has 0 saturated heterocycles. The second-order valence-electron chi connectivity index (χ2n) is 4.16. The minimum absolute atomic E-state index is 0.0229. The molecule has 0 amide bonds. The number of hydrogen-bond donors (Lipinski definition) is 2. The molecule has 0 fully saturated rings. The first-order valence-corrected chi connectivity index (χ1v) is 7.16. The Balaban J connectivity index is 4.31. The molecule has 0 rings (SSSR count). The molecule has 0 bridgehead atoms. The first-order chi connectivity index (χ1) is 7.39. The Morgan fingerprint density at radius 1 is 1.44 bits per heavy atom. The maximum absolute atomic E-state index is 11.7. The van der Waals surface area contributed by atoms with Crippen LogP contribution in [-0.4, -0.2) is 45.1 Å². The van der Waals surface area contributed by atoms with E-state index in [1.54, 1.807) is 14.0 Å². The molecular weight excluding hydrogens is 230 g/mol.